The second-order valence-electron chi connectivity index (χ2n) is 5.45. The standard InChI is InChI=1S/C17H25NO5/c1-20-14-10-12(11-15(21-2)16(14)22-3)7-9-23-17(19)13-6-4-5-8-18-13/h10-11,13,18H,4-9H2,1-3H3/t13-/m0/s1. The van der Waals surface area contributed by atoms with Crippen LogP contribution < -0.4 is 19.5 Å². The largest absolute Gasteiger partial charge is 0.493 e. The molecule has 128 valence electrons. The monoisotopic (exact) mass is 323 g/mol. The molecule has 1 heterocycles. The fourth-order valence-corrected chi connectivity index (χ4v) is 2.70. The molecule has 0 aliphatic carbocycles. The van der Waals surface area contributed by atoms with Gasteiger partial charge in [0.1, 0.15) is 6.04 Å². The van der Waals surface area contributed by atoms with Gasteiger partial charge < -0.3 is 24.3 Å². The van der Waals surface area contributed by atoms with Crippen LogP contribution >= 0.6 is 0 Å². The van der Waals surface area contributed by atoms with Crippen molar-refractivity contribution >= 4 is 5.97 Å². The second-order valence-corrected chi connectivity index (χ2v) is 5.45. The number of nitrogens with one attached hydrogen (secondary N) is 1. The number of piperidine rings is 1. The molecule has 0 unspecified atom stereocenters. The van der Waals surface area contributed by atoms with Crippen LogP contribution in [0.3, 0.4) is 0 Å². The summed E-state index contributed by atoms with van der Waals surface area (Å²) in [7, 11) is 4.73. The number of hydrogen-bond acceptors (Lipinski definition) is 6. The maximum atomic E-state index is 12.0. The summed E-state index contributed by atoms with van der Waals surface area (Å²) in [4.78, 5) is 12.0. The van der Waals surface area contributed by atoms with Crippen molar-refractivity contribution in [2.24, 2.45) is 0 Å². The Bertz CT molecular complexity index is 501. The first kappa shape index (κ1) is 17.4. The van der Waals surface area contributed by atoms with Crippen molar-refractivity contribution in [2.45, 2.75) is 31.7 Å². The van der Waals surface area contributed by atoms with Gasteiger partial charge in [-0.05, 0) is 37.1 Å². The van der Waals surface area contributed by atoms with Crippen LogP contribution in [0.25, 0.3) is 0 Å². The van der Waals surface area contributed by atoms with Crippen molar-refractivity contribution in [3.8, 4) is 17.2 Å². The quantitative estimate of drug-likeness (QED) is 0.774. The molecule has 6 heteroatoms. The Hall–Kier alpha value is -1.95. The minimum Gasteiger partial charge on any atom is -0.493 e. The molecule has 0 radical (unpaired) electrons. The number of methoxy groups -OCH3 is 3. The molecule has 1 aliphatic heterocycles. The van der Waals surface area contributed by atoms with Gasteiger partial charge in [0.15, 0.2) is 11.5 Å². The summed E-state index contributed by atoms with van der Waals surface area (Å²) in [5.41, 5.74) is 0.962. The van der Waals surface area contributed by atoms with E-state index < -0.39 is 0 Å². The molecule has 1 N–H and O–H groups in total. The van der Waals surface area contributed by atoms with Gasteiger partial charge in [-0.1, -0.05) is 6.42 Å². The summed E-state index contributed by atoms with van der Waals surface area (Å²) in [5, 5.41) is 3.19. The lowest BCUT2D eigenvalue weighted by molar-refractivity contribution is -0.146. The number of esters is 1. The lowest BCUT2D eigenvalue weighted by Crippen LogP contribution is -2.41. The SMILES string of the molecule is COc1cc(CCOC(=O)[C@@H]2CCCCN2)cc(OC)c1OC. The molecule has 1 fully saturated rings. The molecule has 1 aliphatic rings. The fourth-order valence-electron chi connectivity index (χ4n) is 2.70. The highest BCUT2D eigenvalue weighted by Gasteiger charge is 2.21. The maximum absolute atomic E-state index is 12.0. The van der Waals surface area contributed by atoms with E-state index in [1.165, 1.54) is 0 Å². The van der Waals surface area contributed by atoms with Crippen molar-refractivity contribution in [1.82, 2.24) is 5.32 Å². The van der Waals surface area contributed by atoms with E-state index in [9.17, 15) is 4.79 Å². The van der Waals surface area contributed by atoms with Gasteiger partial charge in [0.25, 0.3) is 0 Å². The van der Waals surface area contributed by atoms with Crippen LogP contribution in [0, 0.1) is 0 Å². The van der Waals surface area contributed by atoms with Gasteiger partial charge >= 0.3 is 5.97 Å². The highest BCUT2D eigenvalue weighted by atomic mass is 16.5. The van der Waals surface area contributed by atoms with Crippen LogP contribution in [-0.2, 0) is 16.0 Å². The van der Waals surface area contributed by atoms with Crippen LogP contribution in [0.4, 0.5) is 0 Å². The highest BCUT2D eigenvalue weighted by molar-refractivity contribution is 5.75. The minimum atomic E-state index is -0.169. The highest BCUT2D eigenvalue weighted by Crippen LogP contribution is 2.38. The Labute approximate surface area is 137 Å². The van der Waals surface area contributed by atoms with Gasteiger partial charge in [0, 0.05) is 6.42 Å². The minimum absolute atomic E-state index is 0.163. The van der Waals surface area contributed by atoms with E-state index >= 15 is 0 Å². The van der Waals surface area contributed by atoms with Gasteiger partial charge in [-0.25, -0.2) is 0 Å². The molecule has 23 heavy (non-hydrogen) atoms. The first-order valence-corrected chi connectivity index (χ1v) is 7.88. The lowest BCUT2D eigenvalue weighted by Gasteiger charge is -2.21. The Kier molecular flexibility index (Phi) is 6.52. The van der Waals surface area contributed by atoms with E-state index in [0.29, 0.717) is 30.3 Å². The first-order chi connectivity index (χ1) is 11.2. The molecule has 0 saturated carbocycles. The predicted molar refractivity (Wildman–Crippen MR) is 86.4 cm³/mol. The number of carbonyl (C=O) groups excluding carboxylic acids is 1. The maximum Gasteiger partial charge on any atom is 0.323 e. The summed E-state index contributed by atoms with van der Waals surface area (Å²) in [6, 6.07) is 3.57. The zero-order chi connectivity index (χ0) is 16.7. The van der Waals surface area contributed by atoms with Crippen LogP contribution in [0.1, 0.15) is 24.8 Å². The third-order valence-electron chi connectivity index (χ3n) is 3.95. The summed E-state index contributed by atoms with van der Waals surface area (Å²) in [6.07, 6.45) is 3.63. The fraction of sp³-hybridized carbons (Fsp3) is 0.588. The molecular formula is C17H25NO5. The average Bonchev–Trinajstić information content (AvgIpc) is 2.61. The van der Waals surface area contributed by atoms with Crippen LogP contribution in [0.2, 0.25) is 0 Å². The molecule has 0 amide bonds. The number of hydrogen-bond donors (Lipinski definition) is 1. The van der Waals surface area contributed by atoms with E-state index in [0.717, 1.165) is 31.4 Å². The molecule has 2 rings (SSSR count). The number of ether oxygens (including phenoxy) is 4. The smallest absolute Gasteiger partial charge is 0.323 e. The average molecular weight is 323 g/mol. The van der Waals surface area contributed by atoms with Gasteiger partial charge in [-0.15, -0.1) is 0 Å². The van der Waals surface area contributed by atoms with Gasteiger partial charge in [0.05, 0.1) is 27.9 Å². The van der Waals surface area contributed by atoms with Crippen LogP contribution in [0.5, 0.6) is 17.2 Å². The van der Waals surface area contributed by atoms with Crippen molar-refractivity contribution in [1.29, 1.82) is 0 Å². The van der Waals surface area contributed by atoms with Crippen molar-refractivity contribution in [2.75, 3.05) is 34.5 Å². The van der Waals surface area contributed by atoms with Crippen molar-refractivity contribution < 1.29 is 23.7 Å². The van der Waals surface area contributed by atoms with Crippen molar-refractivity contribution in [3.63, 3.8) is 0 Å². The predicted octanol–water partition coefficient (Wildman–Crippen LogP) is 1.94. The third kappa shape index (κ3) is 4.51. The molecule has 0 bridgehead atoms. The van der Waals surface area contributed by atoms with E-state index in [1.54, 1.807) is 21.3 Å². The van der Waals surface area contributed by atoms with Crippen LogP contribution in [-0.4, -0.2) is 46.5 Å². The lowest BCUT2D eigenvalue weighted by atomic mass is 10.1. The molecule has 1 aromatic carbocycles. The summed E-state index contributed by atoms with van der Waals surface area (Å²) < 4.78 is 21.3. The first-order valence-electron chi connectivity index (χ1n) is 7.88. The summed E-state index contributed by atoms with van der Waals surface area (Å²) in [6.45, 7) is 1.21. The van der Waals surface area contributed by atoms with E-state index in [1.807, 2.05) is 12.1 Å². The van der Waals surface area contributed by atoms with Gasteiger partial charge in [0.2, 0.25) is 5.75 Å². The Morgan fingerprint density at radius 3 is 2.35 bits per heavy atom. The number of carbonyl (C=O) groups is 1. The Balaban J connectivity index is 1.93. The van der Waals surface area contributed by atoms with Gasteiger partial charge in [-0.3, -0.25) is 4.79 Å². The van der Waals surface area contributed by atoms with Gasteiger partial charge in [-0.2, -0.15) is 0 Å². The molecular weight excluding hydrogens is 298 g/mol. The molecule has 0 aromatic heterocycles. The van der Waals surface area contributed by atoms with Crippen LogP contribution in [0.15, 0.2) is 12.1 Å². The van der Waals surface area contributed by atoms with E-state index in [4.69, 9.17) is 18.9 Å². The molecule has 6 nitrogen and oxygen atoms in total. The van der Waals surface area contributed by atoms with Crippen molar-refractivity contribution in [3.05, 3.63) is 17.7 Å². The Morgan fingerprint density at radius 2 is 1.83 bits per heavy atom. The summed E-state index contributed by atoms with van der Waals surface area (Å²) >= 11 is 0. The third-order valence-corrected chi connectivity index (χ3v) is 3.95. The number of benzene rings is 1. The molecule has 1 aromatic rings. The molecule has 1 saturated heterocycles. The summed E-state index contributed by atoms with van der Waals surface area (Å²) in [5.74, 6) is 1.59. The Morgan fingerprint density at radius 1 is 1.13 bits per heavy atom. The van der Waals surface area contributed by atoms with E-state index in [2.05, 4.69) is 5.32 Å². The zero-order valence-corrected chi connectivity index (χ0v) is 14.0. The molecule has 0 spiro atoms. The number of rotatable bonds is 7. The second kappa shape index (κ2) is 8.62. The zero-order valence-electron chi connectivity index (χ0n) is 14.0. The topological polar surface area (TPSA) is 66.0 Å². The normalized spacial score (nSPS) is 17.4. The molecule has 1 atom stereocenters. The van der Waals surface area contributed by atoms with E-state index in [-0.39, 0.29) is 12.0 Å².